The van der Waals surface area contributed by atoms with Gasteiger partial charge in [0.05, 0.1) is 23.8 Å². The van der Waals surface area contributed by atoms with Crippen LogP contribution in [0.25, 0.3) is 0 Å². The molecule has 0 fully saturated rings. The van der Waals surface area contributed by atoms with Crippen LogP contribution in [0.5, 0.6) is 0 Å². The standard InChI is InChI=1S/C17H27Cl2N7/c1-6-20-17(21-9-13-7-14(18)16(19)26(13)5)22-10-15(24(2)3)12-8-23-25(4)11-12/h7-8,11,15H,6,9-10H2,1-5H3,(H2,20,21,22). The number of nitrogens with zero attached hydrogens (tertiary/aromatic N) is 5. The zero-order valence-corrected chi connectivity index (χ0v) is 17.4. The maximum atomic E-state index is 6.12. The molecule has 0 radical (unpaired) electrons. The smallest absolute Gasteiger partial charge is 0.191 e. The molecule has 1 atom stereocenters. The van der Waals surface area contributed by atoms with Gasteiger partial charge in [-0.05, 0) is 27.1 Å². The Morgan fingerprint density at radius 1 is 1.31 bits per heavy atom. The first-order valence-electron chi connectivity index (χ1n) is 8.50. The second-order valence-electron chi connectivity index (χ2n) is 6.34. The number of rotatable bonds is 7. The fraction of sp³-hybridized carbons (Fsp3) is 0.529. The van der Waals surface area contributed by atoms with Gasteiger partial charge < -0.3 is 20.1 Å². The van der Waals surface area contributed by atoms with Gasteiger partial charge in [0.1, 0.15) is 5.15 Å². The van der Waals surface area contributed by atoms with Crippen LogP contribution in [0.3, 0.4) is 0 Å². The molecule has 2 N–H and O–H groups in total. The topological polar surface area (TPSA) is 62.4 Å². The maximum absolute atomic E-state index is 6.12. The lowest BCUT2D eigenvalue weighted by atomic mass is 10.1. The molecule has 0 aliphatic heterocycles. The molecule has 2 heterocycles. The van der Waals surface area contributed by atoms with E-state index in [2.05, 4.69) is 39.7 Å². The molecule has 0 bridgehead atoms. The second kappa shape index (κ2) is 9.30. The van der Waals surface area contributed by atoms with Crippen LogP contribution in [0.2, 0.25) is 10.2 Å². The third kappa shape index (κ3) is 5.16. The summed E-state index contributed by atoms with van der Waals surface area (Å²) in [6, 6.07) is 2.03. The van der Waals surface area contributed by atoms with Gasteiger partial charge >= 0.3 is 0 Å². The molecule has 2 aromatic heterocycles. The summed E-state index contributed by atoms with van der Waals surface area (Å²) < 4.78 is 3.66. The van der Waals surface area contributed by atoms with Crippen molar-refractivity contribution in [1.29, 1.82) is 0 Å². The third-order valence-electron chi connectivity index (χ3n) is 4.15. The largest absolute Gasteiger partial charge is 0.357 e. The van der Waals surface area contributed by atoms with E-state index in [9.17, 15) is 0 Å². The van der Waals surface area contributed by atoms with Crippen LogP contribution in [-0.4, -0.2) is 52.4 Å². The Morgan fingerprint density at radius 3 is 2.54 bits per heavy atom. The van der Waals surface area contributed by atoms with Crippen molar-refractivity contribution in [2.45, 2.75) is 19.5 Å². The molecular weight excluding hydrogens is 373 g/mol. The Morgan fingerprint density at radius 2 is 2.04 bits per heavy atom. The van der Waals surface area contributed by atoms with Crippen LogP contribution in [0.4, 0.5) is 0 Å². The van der Waals surface area contributed by atoms with Crippen molar-refractivity contribution in [3.63, 3.8) is 0 Å². The van der Waals surface area contributed by atoms with Crippen molar-refractivity contribution in [2.24, 2.45) is 19.1 Å². The van der Waals surface area contributed by atoms with Gasteiger partial charge in [-0.15, -0.1) is 0 Å². The molecule has 1 unspecified atom stereocenters. The van der Waals surface area contributed by atoms with Gasteiger partial charge in [0.15, 0.2) is 5.96 Å². The molecule has 0 aliphatic carbocycles. The van der Waals surface area contributed by atoms with E-state index in [-0.39, 0.29) is 6.04 Å². The Bertz CT molecular complexity index is 748. The quantitative estimate of drug-likeness (QED) is 0.554. The average Bonchev–Trinajstić information content (AvgIpc) is 3.11. The monoisotopic (exact) mass is 399 g/mol. The predicted molar refractivity (Wildman–Crippen MR) is 108 cm³/mol. The molecule has 0 spiro atoms. The van der Waals surface area contributed by atoms with E-state index in [0.29, 0.717) is 23.3 Å². The summed E-state index contributed by atoms with van der Waals surface area (Å²) in [5, 5.41) is 12.0. The highest BCUT2D eigenvalue weighted by Crippen LogP contribution is 2.25. The SMILES string of the molecule is CCNC(=NCc1cc(Cl)c(Cl)n1C)NCC(c1cnn(C)c1)N(C)C. The Hall–Kier alpha value is -1.70. The maximum Gasteiger partial charge on any atom is 0.191 e. The lowest BCUT2D eigenvalue weighted by Crippen LogP contribution is -2.41. The molecule has 0 aliphatic rings. The zero-order valence-electron chi connectivity index (χ0n) is 15.9. The number of nitrogens with one attached hydrogen (secondary N) is 2. The lowest BCUT2D eigenvalue weighted by Gasteiger charge is -2.24. The van der Waals surface area contributed by atoms with E-state index in [0.717, 1.165) is 23.8 Å². The van der Waals surface area contributed by atoms with E-state index >= 15 is 0 Å². The first-order valence-corrected chi connectivity index (χ1v) is 9.25. The average molecular weight is 400 g/mol. The predicted octanol–water partition coefficient (Wildman–Crippen LogP) is 2.42. The minimum Gasteiger partial charge on any atom is -0.357 e. The molecule has 9 heteroatoms. The highest BCUT2D eigenvalue weighted by molar-refractivity contribution is 6.41. The summed E-state index contributed by atoms with van der Waals surface area (Å²) in [6.07, 6.45) is 3.93. The molecule has 0 saturated carbocycles. The van der Waals surface area contributed by atoms with Crippen molar-refractivity contribution < 1.29 is 0 Å². The molecule has 144 valence electrons. The minimum atomic E-state index is 0.187. The summed E-state index contributed by atoms with van der Waals surface area (Å²) in [6.45, 7) is 4.01. The van der Waals surface area contributed by atoms with Gasteiger partial charge in [-0.3, -0.25) is 4.68 Å². The van der Waals surface area contributed by atoms with Crippen molar-refractivity contribution in [2.75, 3.05) is 27.2 Å². The Balaban J connectivity index is 2.07. The summed E-state index contributed by atoms with van der Waals surface area (Å²) >= 11 is 12.2. The van der Waals surface area contributed by atoms with E-state index in [1.165, 1.54) is 0 Å². The molecule has 0 amide bonds. The molecule has 2 aromatic rings. The van der Waals surface area contributed by atoms with Crippen LogP contribution < -0.4 is 10.6 Å². The van der Waals surface area contributed by atoms with Gasteiger partial charge in [0.25, 0.3) is 0 Å². The van der Waals surface area contributed by atoms with E-state index in [4.69, 9.17) is 23.2 Å². The van der Waals surface area contributed by atoms with Crippen LogP contribution in [0.15, 0.2) is 23.5 Å². The van der Waals surface area contributed by atoms with Crippen molar-refractivity contribution in [1.82, 2.24) is 29.9 Å². The van der Waals surface area contributed by atoms with Gasteiger partial charge in [0.2, 0.25) is 0 Å². The fourth-order valence-corrected chi connectivity index (χ4v) is 3.06. The van der Waals surface area contributed by atoms with E-state index in [1.54, 1.807) is 0 Å². The first-order chi connectivity index (χ1) is 12.3. The highest BCUT2D eigenvalue weighted by atomic mass is 35.5. The fourth-order valence-electron chi connectivity index (χ4n) is 2.65. The molecule has 7 nitrogen and oxygen atoms in total. The van der Waals surface area contributed by atoms with Gasteiger partial charge in [-0.2, -0.15) is 5.10 Å². The number of aliphatic imine (C=N–C) groups is 1. The van der Waals surface area contributed by atoms with E-state index in [1.807, 2.05) is 48.7 Å². The Labute approximate surface area is 165 Å². The molecular formula is C17H27Cl2N7. The molecule has 0 saturated heterocycles. The molecule has 26 heavy (non-hydrogen) atoms. The van der Waals surface area contributed by atoms with Gasteiger partial charge in [-0.1, -0.05) is 23.2 Å². The summed E-state index contributed by atoms with van der Waals surface area (Å²) in [7, 11) is 7.91. The van der Waals surface area contributed by atoms with Crippen LogP contribution >= 0.6 is 23.2 Å². The van der Waals surface area contributed by atoms with Crippen LogP contribution in [0, 0.1) is 0 Å². The zero-order chi connectivity index (χ0) is 19.3. The summed E-state index contributed by atoms with van der Waals surface area (Å²) in [5.41, 5.74) is 2.11. The first kappa shape index (κ1) is 20.6. The van der Waals surface area contributed by atoms with Gasteiger partial charge in [-0.25, -0.2) is 4.99 Å². The Kier molecular flexibility index (Phi) is 7.37. The van der Waals surface area contributed by atoms with Crippen molar-refractivity contribution in [3.8, 4) is 0 Å². The number of aryl methyl sites for hydroxylation is 1. The second-order valence-corrected chi connectivity index (χ2v) is 7.10. The lowest BCUT2D eigenvalue weighted by molar-refractivity contribution is 0.298. The van der Waals surface area contributed by atoms with Crippen molar-refractivity contribution in [3.05, 3.63) is 39.9 Å². The number of halogens is 2. The summed E-state index contributed by atoms with van der Waals surface area (Å²) in [4.78, 5) is 6.80. The van der Waals surface area contributed by atoms with Crippen LogP contribution in [0.1, 0.15) is 24.2 Å². The van der Waals surface area contributed by atoms with Crippen LogP contribution in [-0.2, 0) is 20.6 Å². The highest BCUT2D eigenvalue weighted by Gasteiger charge is 2.16. The molecule has 0 aromatic carbocycles. The molecule has 2 rings (SSSR count). The van der Waals surface area contributed by atoms with Gasteiger partial charge in [0, 0.05) is 44.6 Å². The number of guanidine groups is 1. The number of aromatic nitrogens is 3. The number of likely N-dealkylation sites (N-methyl/N-ethyl adjacent to an activating group) is 1. The number of hydrogen-bond acceptors (Lipinski definition) is 3. The van der Waals surface area contributed by atoms with E-state index < -0.39 is 0 Å². The minimum absolute atomic E-state index is 0.187. The van der Waals surface area contributed by atoms with Crippen molar-refractivity contribution >= 4 is 29.2 Å². The number of hydrogen-bond donors (Lipinski definition) is 2. The summed E-state index contributed by atoms with van der Waals surface area (Å²) in [5.74, 6) is 0.747. The third-order valence-corrected chi connectivity index (χ3v) is 5.00. The normalized spacial score (nSPS) is 13.3.